The van der Waals surface area contributed by atoms with E-state index in [1.165, 1.54) is 32.1 Å². The van der Waals surface area contributed by atoms with Crippen molar-refractivity contribution in [2.75, 3.05) is 0 Å². The number of rotatable bonds is 5. The Morgan fingerprint density at radius 1 is 1.30 bits per heavy atom. The molecule has 2 N–H and O–H groups in total. The van der Waals surface area contributed by atoms with Gasteiger partial charge in [0.1, 0.15) is 5.69 Å². The second-order valence-electron chi connectivity index (χ2n) is 6.18. The molecular formula is C17H22N4O2. The molecule has 0 saturated heterocycles. The minimum Gasteiger partial charge on any atom is -0.288 e. The molecule has 122 valence electrons. The lowest BCUT2D eigenvalue weighted by molar-refractivity contribution is 0.0706. The average Bonchev–Trinajstić information content (AvgIpc) is 3.09. The number of hydrogen-bond acceptors (Lipinski definition) is 4. The first-order chi connectivity index (χ1) is 11.3. The van der Waals surface area contributed by atoms with Crippen molar-refractivity contribution in [2.45, 2.75) is 45.1 Å². The first-order valence-corrected chi connectivity index (χ1v) is 8.21. The Balaban J connectivity index is 1.65. The van der Waals surface area contributed by atoms with Crippen LogP contribution in [0.1, 0.15) is 48.9 Å². The van der Waals surface area contributed by atoms with Crippen LogP contribution in [0.4, 0.5) is 0 Å². The van der Waals surface area contributed by atoms with E-state index < -0.39 is 5.91 Å². The number of benzene rings is 1. The Kier molecular flexibility index (Phi) is 5.02. The quantitative estimate of drug-likeness (QED) is 0.656. The summed E-state index contributed by atoms with van der Waals surface area (Å²) in [7, 11) is 0. The predicted octanol–water partition coefficient (Wildman–Crippen LogP) is 3.03. The minimum atomic E-state index is -0.531. The number of hydroxylamine groups is 1. The molecule has 6 heteroatoms. The number of nitrogens with zero attached hydrogens (tertiary/aromatic N) is 3. The molecule has 23 heavy (non-hydrogen) atoms. The van der Waals surface area contributed by atoms with Crippen LogP contribution in [-0.4, -0.2) is 26.1 Å². The van der Waals surface area contributed by atoms with Gasteiger partial charge in [-0.2, -0.15) is 0 Å². The van der Waals surface area contributed by atoms with E-state index in [-0.39, 0.29) is 0 Å². The number of amides is 1. The van der Waals surface area contributed by atoms with Crippen LogP contribution in [0, 0.1) is 5.92 Å². The van der Waals surface area contributed by atoms with Crippen LogP contribution >= 0.6 is 0 Å². The summed E-state index contributed by atoms with van der Waals surface area (Å²) in [6, 6.07) is 6.98. The fourth-order valence-electron chi connectivity index (χ4n) is 3.21. The van der Waals surface area contributed by atoms with Gasteiger partial charge >= 0.3 is 0 Å². The van der Waals surface area contributed by atoms with Gasteiger partial charge in [-0.25, -0.2) is 5.48 Å². The van der Waals surface area contributed by atoms with Crippen molar-refractivity contribution in [3.63, 3.8) is 0 Å². The molecule has 0 aliphatic heterocycles. The van der Waals surface area contributed by atoms with Crippen LogP contribution in [0.2, 0.25) is 0 Å². The van der Waals surface area contributed by atoms with Crippen molar-refractivity contribution >= 4 is 5.91 Å². The maximum atomic E-state index is 11.5. The Bertz CT molecular complexity index is 662. The number of aryl methyl sites for hydroxylation is 1. The summed E-state index contributed by atoms with van der Waals surface area (Å²) >= 11 is 0. The summed E-state index contributed by atoms with van der Waals surface area (Å²) < 4.78 is 1.88. The van der Waals surface area contributed by atoms with Crippen LogP contribution in [0.15, 0.2) is 30.5 Å². The molecule has 0 bridgehead atoms. The van der Waals surface area contributed by atoms with Gasteiger partial charge in [0.2, 0.25) is 0 Å². The summed E-state index contributed by atoms with van der Waals surface area (Å²) in [4.78, 5) is 11.5. The first-order valence-electron chi connectivity index (χ1n) is 8.21. The Hall–Kier alpha value is -2.21. The molecule has 1 heterocycles. The summed E-state index contributed by atoms with van der Waals surface area (Å²) in [5.41, 5.74) is 3.58. The minimum absolute atomic E-state index is 0.391. The van der Waals surface area contributed by atoms with Gasteiger partial charge in [-0.1, -0.05) is 49.5 Å². The van der Waals surface area contributed by atoms with Crippen LogP contribution < -0.4 is 5.48 Å². The summed E-state index contributed by atoms with van der Waals surface area (Å²) in [5, 5.41) is 17.1. The van der Waals surface area contributed by atoms with Crippen LogP contribution in [-0.2, 0) is 6.54 Å². The molecule has 0 atom stereocenters. The van der Waals surface area contributed by atoms with Crippen LogP contribution in [0.5, 0.6) is 0 Å². The molecule has 2 aromatic rings. The topological polar surface area (TPSA) is 80.0 Å². The smallest absolute Gasteiger partial charge is 0.274 e. The molecule has 0 unspecified atom stereocenters. The number of carbonyl (C=O) groups excluding carboxylic acids is 1. The van der Waals surface area contributed by atoms with Gasteiger partial charge < -0.3 is 0 Å². The standard InChI is InChI=1S/C17H22N4O2/c22-17(19-23)15-8-4-7-14(11-15)16-12-21(20-18-16)10-9-13-5-2-1-3-6-13/h4,7-8,11-13,23H,1-3,5-6,9-10H2,(H,19,22). The molecule has 1 aromatic carbocycles. The van der Waals surface area contributed by atoms with E-state index in [0.29, 0.717) is 5.56 Å². The molecule has 0 spiro atoms. The number of aromatic nitrogens is 3. The van der Waals surface area contributed by atoms with Gasteiger partial charge in [-0.15, -0.1) is 5.10 Å². The van der Waals surface area contributed by atoms with E-state index >= 15 is 0 Å². The summed E-state index contributed by atoms with van der Waals surface area (Å²) in [5.74, 6) is 0.282. The second-order valence-corrected chi connectivity index (χ2v) is 6.18. The fraction of sp³-hybridized carbons (Fsp3) is 0.471. The Morgan fingerprint density at radius 3 is 2.91 bits per heavy atom. The van der Waals surface area contributed by atoms with Gasteiger partial charge in [0.05, 0.1) is 6.20 Å². The Labute approximate surface area is 135 Å². The van der Waals surface area contributed by atoms with Crippen molar-refractivity contribution in [3.8, 4) is 11.3 Å². The molecular weight excluding hydrogens is 292 g/mol. The maximum Gasteiger partial charge on any atom is 0.274 e. The first kappa shape index (κ1) is 15.7. The largest absolute Gasteiger partial charge is 0.288 e. The SMILES string of the molecule is O=C(NO)c1cccc(-c2cn(CCC3CCCCC3)nn2)c1. The van der Waals surface area contributed by atoms with E-state index in [2.05, 4.69) is 10.3 Å². The van der Waals surface area contributed by atoms with Gasteiger partial charge in [0.15, 0.2) is 0 Å². The third kappa shape index (κ3) is 3.96. The highest BCUT2D eigenvalue weighted by Crippen LogP contribution is 2.26. The van der Waals surface area contributed by atoms with E-state index in [4.69, 9.17) is 5.21 Å². The predicted molar refractivity (Wildman–Crippen MR) is 85.9 cm³/mol. The highest BCUT2D eigenvalue weighted by Gasteiger charge is 2.14. The van der Waals surface area contributed by atoms with Crippen molar-refractivity contribution < 1.29 is 10.0 Å². The molecule has 3 rings (SSSR count). The monoisotopic (exact) mass is 314 g/mol. The highest BCUT2D eigenvalue weighted by atomic mass is 16.5. The average molecular weight is 314 g/mol. The van der Waals surface area contributed by atoms with Crippen molar-refractivity contribution in [3.05, 3.63) is 36.0 Å². The van der Waals surface area contributed by atoms with Gasteiger partial charge in [0, 0.05) is 17.7 Å². The normalized spacial score (nSPS) is 15.5. The van der Waals surface area contributed by atoms with Crippen LogP contribution in [0.25, 0.3) is 11.3 Å². The molecule has 1 amide bonds. The lowest BCUT2D eigenvalue weighted by Crippen LogP contribution is -2.18. The molecule has 0 radical (unpaired) electrons. The lowest BCUT2D eigenvalue weighted by atomic mass is 9.87. The molecule has 1 aliphatic carbocycles. The third-order valence-electron chi connectivity index (χ3n) is 4.55. The van der Waals surface area contributed by atoms with E-state index in [0.717, 1.165) is 30.1 Å². The lowest BCUT2D eigenvalue weighted by Gasteiger charge is -2.20. The van der Waals surface area contributed by atoms with E-state index in [1.807, 2.05) is 16.9 Å². The third-order valence-corrected chi connectivity index (χ3v) is 4.55. The number of nitrogens with one attached hydrogen (secondary N) is 1. The second kappa shape index (κ2) is 7.37. The number of hydrogen-bond donors (Lipinski definition) is 2. The summed E-state index contributed by atoms with van der Waals surface area (Å²) in [6.45, 7) is 0.883. The van der Waals surface area contributed by atoms with E-state index in [1.54, 1.807) is 23.7 Å². The maximum absolute atomic E-state index is 11.5. The highest BCUT2D eigenvalue weighted by molar-refractivity contribution is 5.94. The zero-order valence-corrected chi connectivity index (χ0v) is 13.1. The van der Waals surface area contributed by atoms with Crippen molar-refractivity contribution in [2.24, 2.45) is 5.92 Å². The Morgan fingerprint density at radius 2 is 2.13 bits per heavy atom. The van der Waals surface area contributed by atoms with Gasteiger partial charge in [-0.05, 0) is 24.5 Å². The fourth-order valence-corrected chi connectivity index (χ4v) is 3.21. The van der Waals surface area contributed by atoms with Crippen LogP contribution in [0.3, 0.4) is 0 Å². The molecule has 1 aliphatic rings. The number of carbonyl (C=O) groups is 1. The van der Waals surface area contributed by atoms with Gasteiger partial charge in [0.25, 0.3) is 5.91 Å². The van der Waals surface area contributed by atoms with Crippen molar-refractivity contribution in [1.82, 2.24) is 20.5 Å². The van der Waals surface area contributed by atoms with Crippen molar-refractivity contribution in [1.29, 1.82) is 0 Å². The molecule has 1 saturated carbocycles. The zero-order chi connectivity index (χ0) is 16.1. The van der Waals surface area contributed by atoms with Gasteiger partial charge in [-0.3, -0.25) is 14.7 Å². The zero-order valence-electron chi connectivity index (χ0n) is 13.1. The molecule has 1 fully saturated rings. The molecule has 1 aromatic heterocycles. The summed E-state index contributed by atoms with van der Waals surface area (Å²) in [6.07, 6.45) is 9.82. The van der Waals surface area contributed by atoms with E-state index in [9.17, 15) is 4.79 Å². The molecule has 6 nitrogen and oxygen atoms in total.